The Morgan fingerprint density at radius 3 is 2.54 bits per heavy atom. The van der Waals surface area contributed by atoms with Gasteiger partial charge in [-0.3, -0.25) is 5.32 Å². The molecule has 0 bridgehead atoms. The molecule has 0 spiro atoms. The van der Waals surface area contributed by atoms with Crippen LogP contribution in [0.15, 0.2) is 6.07 Å². The molecule has 194 valence electrons. The van der Waals surface area contributed by atoms with Crippen LogP contribution in [0.3, 0.4) is 0 Å². The van der Waals surface area contributed by atoms with Gasteiger partial charge in [-0.1, -0.05) is 13.8 Å². The standard InChI is InChI=1S/C21H28F3N5O5S/c1-10(2)26-6-4-12(30)5-7-27-21(32)28-19-17(34-20(25)31)18(29-35-19)33-9-13-14(22)8-11(3)15(23)16(13)24/h8,10,12,26,30H,4-7,9H2,1-3H3,(H2,25,31)(H2,27,28,32). The van der Waals surface area contributed by atoms with Gasteiger partial charge in [0.15, 0.2) is 16.6 Å². The average molecular weight is 520 g/mol. The summed E-state index contributed by atoms with van der Waals surface area (Å²) < 4.78 is 55.8. The van der Waals surface area contributed by atoms with E-state index in [2.05, 4.69) is 20.3 Å². The van der Waals surface area contributed by atoms with E-state index >= 15 is 0 Å². The maximum absolute atomic E-state index is 14.1. The second kappa shape index (κ2) is 13.1. The maximum atomic E-state index is 14.1. The van der Waals surface area contributed by atoms with Crippen molar-refractivity contribution in [2.45, 2.75) is 52.4 Å². The number of ether oxygens (including phenoxy) is 2. The summed E-state index contributed by atoms with van der Waals surface area (Å²) in [6.07, 6.45) is -1.06. The first-order valence-corrected chi connectivity index (χ1v) is 11.5. The van der Waals surface area contributed by atoms with Crippen LogP contribution in [0.5, 0.6) is 11.6 Å². The number of primary amides is 1. The highest BCUT2D eigenvalue weighted by molar-refractivity contribution is 7.11. The summed E-state index contributed by atoms with van der Waals surface area (Å²) in [5, 5.41) is 18.0. The van der Waals surface area contributed by atoms with E-state index in [0.717, 1.165) is 6.07 Å². The molecule has 1 aromatic heterocycles. The van der Waals surface area contributed by atoms with E-state index in [4.69, 9.17) is 15.2 Å². The summed E-state index contributed by atoms with van der Waals surface area (Å²) in [6, 6.07) is 0.417. The lowest BCUT2D eigenvalue weighted by atomic mass is 10.1. The highest BCUT2D eigenvalue weighted by Crippen LogP contribution is 2.39. The third-order valence-corrected chi connectivity index (χ3v) is 5.36. The number of amides is 3. The Kier molecular flexibility index (Phi) is 10.5. The van der Waals surface area contributed by atoms with Crippen molar-refractivity contribution < 1.29 is 37.3 Å². The number of urea groups is 1. The molecule has 35 heavy (non-hydrogen) atoms. The van der Waals surface area contributed by atoms with Crippen LogP contribution in [0.1, 0.15) is 37.8 Å². The summed E-state index contributed by atoms with van der Waals surface area (Å²) in [6.45, 7) is 5.19. The minimum absolute atomic E-state index is 0.0750. The Labute approximate surface area is 204 Å². The Hall–Kier alpha value is -3.10. The highest BCUT2D eigenvalue weighted by atomic mass is 32.1. The predicted molar refractivity (Wildman–Crippen MR) is 123 cm³/mol. The lowest BCUT2D eigenvalue weighted by Crippen LogP contribution is -2.32. The second-order valence-corrected chi connectivity index (χ2v) is 8.63. The summed E-state index contributed by atoms with van der Waals surface area (Å²) in [5.74, 6) is -4.45. The molecule has 1 unspecified atom stereocenters. The number of nitrogens with zero attached hydrogens (tertiary/aromatic N) is 1. The summed E-state index contributed by atoms with van der Waals surface area (Å²) >= 11 is 0.650. The van der Waals surface area contributed by atoms with Crippen molar-refractivity contribution >= 4 is 28.7 Å². The molecule has 14 heteroatoms. The monoisotopic (exact) mass is 519 g/mol. The number of carbonyl (C=O) groups is 2. The van der Waals surface area contributed by atoms with Gasteiger partial charge < -0.3 is 30.9 Å². The Morgan fingerprint density at radius 2 is 1.89 bits per heavy atom. The molecule has 0 saturated heterocycles. The Morgan fingerprint density at radius 1 is 1.20 bits per heavy atom. The van der Waals surface area contributed by atoms with Crippen LogP contribution >= 0.6 is 11.5 Å². The quantitative estimate of drug-likeness (QED) is 0.271. The fourth-order valence-electron chi connectivity index (χ4n) is 2.84. The molecule has 0 aliphatic rings. The number of hydrogen-bond donors (Lipinski definition) is 5. The van der Waals surface area contributed by atoms with Crippen molar-refractivity contribution in [2.24, 2.45) is 5.73 Å². The first kappa shape index (κ1) is 28.1. The molecule has 2 rings (SSSR count). The fraction of sp³-hybridized carbons (Fsp3) is 0.476. The molecule has 1 heterocycles. The molecule has 3 amide bonds. The van der Waals surface area contributed by atoms with Crippen LogP contribution in [0.4, 0.5) is 27.8 Å². The number of anilines is 1. The van der Waals surface area contributed by atoms with E-state index in [1.54, 1.807) is 0 Å². The number of benzene rings is 1. The zero-order valence-electron chi connectivity index (χ0n) is 19.4. The topological polar surface area (TPSA) is 148 Å². The van der Waals surface area contributed by atoms with Gasteiger partial charge in [0.25, 0.3) is 5.88 Å². The van der Waals surface area contributed by atoms with E-state index in [9.17, 15) is 27.9 Å². The van der Waals surface area contributed by atoms with Crippen molar-refractivity contribution in [3.8, 4) is 11.6 Å². The minimum Gasteiger partial charge on any atom is -0.469 e. The van der Waals surface area contributed by atoms with E-state index < -0.39 is 53.7 Å². The molecule has 0 aliphatic heterocycles. The number of aliphatic hydroxyl groups is 1. The smallest absolute Gasteiger partial charge is 0.410 e. The number of halogens is 3. The number of aromatic nitrogens is 1. The molecular formula is C21H28F3N5O5S. The fourth-order valence-corrected chi connectivity index (χ4v) is 3.50. The summed E-state index contributed by atoms with van der Waals surface area (Å²) in [5.41, 5.74) is 4.14. The van der Waals surface area contributed by atoms with E-state index in [0.29, 0.717) is 37.0 Å². The SMILES string of the molecule is Cc1cc(F)c(COc2nsc(NC(=O)NCCC(O)CCNC(C)C)c2OC(N)=O)c(F)c1F. The highest BCUT2D eigenvalue weighted by Gasteiger charge is 2.23. The zero-order chi connectivity index (χ0) is 26.1. The first-order chi connectivity index (χ1) is 16.5. The Bertz CT molecular complexity index is 1040. The largest absolute Gasteiger partial charge is 0.469 e. The molecule has 0 saturated carbocycles. The molecular weight excluding hydrogens is 491 g/mol. The first-order valence-electron chi connectivity index (χ1n) is 10.7. The van der Waals surface area contributed by atoms with Crippen molar-refractivity contribution in [3.63, 3.8) is 0 Å². The normalized spacial score (nSPS) is 11.9. The molecule has 2 aromatic rings. The van der Waals surface area contributed by atoms with Gasteiger partial charge >= 0.3 is 12.1 Å². The van der Waals surface area contributed by atoms with Crippen LogP contribution in [0.2, 0.25) is 0 Å². The number of nitrogens with two attached hydrogens (primary N) is 1. The average Bonchev–Trinajstić information content (AvgIpc) is 3.12. The van der Waals surface area contributed by atoms with Gasteiger partial charge in [0, 0.05) is 12.6 Å². The molecule has 6 N–H and O–H groups in total. The summed E-state index contributed by atoms with van der Waals surface area (Å²) in [4.78, 5) is 23.5. The number of carbonyl (C=O) groups excluding carboxylic acids is 2. The van der Waals surface area contributed by atoms with Gasteiger partial charge in [0.2, 0.25) is 5.75 Å². The third-order valence-electron chi connectivity index (χ3n) is 4.63. The minimum atomic E-state index is -1.42. The van der Waals surface area contributed by atoms with Crippen LogP contribution in [0, 0.1) is 24.4 Å². The lowest BCUT2D eigenvalue weighted by molar-refractivity contribution is 0.153. The molecule has 1 aromatic carbocycles. The van der Waals surface area contributed by atoms with Crippen LogP contribution < -0.4 is 31.2 Å². The Balaban J connectivity index is 1.99. The zero-order valence-corrected chi connectivity index (χ0v) is 20.2. The maximum Gasteiger partial charge on any atom is 0.410 e. The van der Waals surface area contributed by atoms with Crippen LogP contribution in [-0.2, 0) is 6.61 Å². The van der Waals surface area contributed by atoms with Crippen molar-refractivity contribution in [1.29, 1.82) is 0 Å². The van der Waals surface area contributed by atoms with Crippen molar-refractivity contribution in [1.82, 2.24) is 15.0 Å². The predicted octanol–water partition coefficient (Wildman–Crippen LogP) is 3.17. The molecule has 0 fully saturated rings. The van der Waals surface area contributed by atoms with Gasteiger partial charge in [0.05, 0.1) is 11.7 Å². The van der Waals surface area contributed by atoms with E-state index in [1.807, 2.05) is 13.8 Å². The van der Waals surface area contributed by atoms with Crippen LogP contribution in [-0.4, -0.2) is 46.8 Å². The second-order valence-electron chi connectivity index (χ2n) is 7.86. The van der Waals surface area contributed by atoms with Crippen molar-refractivity contribution in [2.75, 3.05) is 18.4 Å². The summed E-state index contributed by atoms with van der Waals surface area (Å²) in [7, 11) is 0. The van der Waals surface area contributed by atoms with Gasteiger partial charge in [-0.05, 0) is 49.5 Å². The van der Waals surface area contributed by atoms with Gasteiger partial charge in [-0.25, -0.2) is 22.8 Å². The van der Waals surface area contributed by atoms with Gasteiger partial charge in [-0.2, -0.15) is 0 Å². The number of hydrogen-bond acceptors (Lipinski definition) is 8. The van der Waals surface area contributed by atoms with Crippen LogP contribution in [0.25, 0.3) is 0 Å². The molecule has 10 nitrogen and oxygen atoms in total. The molecule has 0 aliphatic carbocycles. The van der Waals surface area contributed by atoms with Crippen molar-refractivity contribution in [3.05, 3.63) is 34.6 Å². The van der Waals surface area contributed by atoms with E-state index in [1.165, 1.54) is 6.92 Å². The number of nitrogens with one attached hydrogen (secondary N) is 3. The lowest BCUT2D eigenvalue weighted by Gasteiger charge is -2.13. The molecule has 1 atom stereocenters. The number of rotatable bonds is 12. The number of aryl methyl sites for hydroxylation is 1. The van der Waals surface area contributed by atoms with E-state index in [-0.39, 0.29) is 22.9 Å². The van der Waals surface area contributed by atoms with Gasteiger partial charge in [-0.15, -0.1) is 4.37 Å². The number of aliphatic hydroxyl groups excluding tert-OH is 1. The third kappa shape index (κ3) is 8.56. The van der Waals surface area contributed by atoms with Gasteiger partial charge in [0.1, 0.15) is 12.4 Å². The molecule has 0 radical (unpaired) electrons.